The number of carboxylic acids is 1. The Hall–Kier alpha value is -1.71. The minimum atomic E-state index is -0.965. The molecule has 15 heavy (non-hydrogen) atoms. The molecule has 3 N–H and O–H groups in total. The van der Waals surface area contributed by atoms with E-state index in [0.717, 1.165) is 0 Å². The predicted molar refractivity (Wildman–Crippen MR) is 57.7 cm³/mol. The molecule has 0 radical (unpaired) electrons. The van der Waals surface area contributed by atoms with Crippen LogP contribution in [0.1, 0.15) is 13.8 Å². The number of aliphatic carboxylic acids is 1. The topological polar surface area (TPSA) is 72.5 Å². The van der Waals surface area contributed by atoms with Crippen LogP contribution in [0, 0.1) is 5.92 Å². The van der Waals surface area contributed by atoms with Crippen molar-refractivity contribution in [2.75, 3.05) is 5.73 Å². The van der Waals surface area contributed by atoms with Crippen molar-refractivity contribution in [2.24, 2.45) is 5.92 Å². The molecule has 82 valence electrons. The molecule has 0 bridgehead atoms. The first-order chi connectivity index (χ1) is 7.00. The van der Waals surface area contributed by atoms with Gasteiger partial charge in [0.2, 0.25) is 0 Å². The number of rotatable bonds is 4. The van der Waals surface area contributed by atoms with Crippen LogP contribution in [-0.2, 0) is 4.79 Å². The number of carboxylic acid groups (broad SMARTS) is 1. The Morgan fingerprint density at radius 3 is 2.60 bits per heavy atom. The second kappa shape index (κ2) is 4.68. The Bertz CT molecular complexity index is 349. The van der Waals surface area contributed by atoms with Gasteiger partial charge in [-0.1, -0.05) is 19.9 Å². The number of anilines is 1. The van der Waals surface area contributed by atoms with Crippen molar-refractivity contribution in [1.82, 2.24) is 0 Å². The number of nitrogen functional groups attached to an aromatic ring is 1. The number of hydrogen-bond donors (Lipinski definition) is 2. The second-order valence-electron chi connectivity index (χ2n) is 3.69. The molecule has 1 atom stereocenters. The van der Waals surface area contributed by atoms with Gasteiger partial charge in [-0.15, -0.1) is 0 Å². The summed E-state index contributed by atoms with van der Waals surface area (Å²) in [6, 6.07) is 6.74. The van der Waals surface area contributed by atoms with Gasteiger partial charge in [-0.05, 0) is 12.1 Å². The molecule has 1 rings (SSSR count). The van der Waals surface area contributed by atoms with Gasteiger partial charge in [0.15, 0.2) is 6.10 Å². The average molecular weight is 209 g/mol. The lowest BCUT2D eigenvalue weighted by Gasteiger charge is -2.18. The maximum atomic E-state index is 10.9. The Morgan fingerprint density at radius 2 is 2.13 bits per heavy atom. The fraction of sp³-hybridized carbons (Fsp3) is 0.364. The van der Waals surface area contributed by atoms with E-state index in [1.54, 1.807) is 38.1 Å². The molecule has 1 aromatic rings. The van der Waals surface area contributed by atoms with Gasteiger partial charge in [0.1, 0.15) is 5.75 Å². The maximum Gasteiger partial charge on any atom is 0.345 e. The molecule has 0 aliphatic rings. The third-order valence-electron chi connectivity index (χ3n) is 1.97. The molecule has 0 aromatic heterocycles. The van der Waals surface area contributed by atoms with Crippen LogP contribution in [-0.4, -0.2) is 17.2 Å². The molecule has 1 aromatic carbocycles. The number of hydrogen-bond acceptors (Lipinski definition) is 3. The van der Waals surface area contributed by atoms with E-state index in [0.29, 0.717) is 11.4 Å². The number of benzene rings is 1. The fourth-order valence-corrected chi connectivity index (χ4v) is 1.21. The first-order valence-electron chi connectivity index (χ1n) is 4.75. The minimum Gasteiger partial charge on any atom is -0.478 e. The van der Waals surface area contributed by atoms with E-state index in [2.05, 4.69) is 0 Å². The van der Waals surface area contributed by atoms with Crippen molar-refractivity contribution in [3.8, 4) is 5.75 Å². The molecule has 0 amide bonds. The summed E-state index contributed by atoms with van der Waals surface area (Å²) in [6.07, 6.45) is -0.841. The van der Waals surface area contributed by atoms with E-state index in [-0.39, 0.29) is 5.92 Å². The van der Waals surface area contributed by atoms with E-state index in [1.807, 2.05) is 0 Å². The van der Waals surface area contributed by atoms with Crippen molar-refractivity contribution in [3.63, 3.8) is 0 Å². The lowest BCUT2D eigenvalue weighted by Crippen LogP contribution is -2.32. The Balaban J connectivity index is 2.79. The van der Waals surface area contributed by atoms with Crippen molar-refractivity contribution in [2.45, 2.75) is 20.0 Å². The summed E-state index contributed by atoms with van der Waals surface area (Å²) in [5, 5.41) is 8.92. The monoisotopic (exact) mass is 209 g/mol. The van der Waals surface area contributed by atoms with Crippen LogP contribution in [0.25, 0.3) is 0 Å². The van der Waals surface area contributed by atoms with Crippen LogP contribution in [0.5, 0.6) is 5.75 Å². The zero-order valence-electron chi connectivity index (χ0n) is 8.81. The Morgan fingerprint density at radius 1 is 1.47 bits per heavy atom. The largest absolute Gasteiger partial charge is 0.478 e. The number of nitrogens with two attached hydrogens (primary N) is 1. The van der Waals surface area contributed by atoms with Gasteiger partial charge in [0, 0.05) is 17.7 Å². The normalized spacial score (nSPS) is 12.5. The minimum absolute atomic E-state index is 0.0936. The molecular formula is C11H15NO3. The summed E-state index contributed by atoms with van der Waals surface area (Å²) in [4.78, 5) is 10.9. The van der Waals surface area contributed by atoms with Crippen LogP contribution in [0.3, 0.4) is 0 Å². The van der Waals surface area contributed by atoms with E-state index in [1.165, 1.54) is 0 Å². The van der Waals surface area contributed by atoms with Crippen LogP contribution in [0.2, 0.25) is 0 Å². The summed E-state index contributed by atoms with van der Waals surface area (Å²) in [5.41, 5.74) is 6.12. The van der Waals surface area contributed by atoms with Crippen molar-refractivity contribution in [3.05, 3.63) is 24.3 Å². The molecular weight excluding hydrogens is 194 g/mol. The summed E-state index contributed by atoms with van der Waals surface area (Å²) in [6.45, 7) is 3.59. The van der Waals surface area contributed by atoms with E-state index in [4.69, 9.17) is 15.6 Å². The Labute approximate surface area is 88.7 Å². The quantitative estimate of drug-likeness (QED) is 0.741. The second-order valence-corrected chi connectivity index (χ2v) is 3.69. The highest BCUT2D eigenvalue weighted by atomic mass is 16.5. The highest BCUT2D eigenvalue weighted by Gasteiger charge is 2.23. The van der Waals surface area contributed by atoms with Crippen molar-refractivity contribution < 1.29 is 14.6 Å². The van der Waals surface area contributed by atoms with Gasteiger partial charge in [-0.25, -0.2) is 4.79 Å². The third-order valence-corrected chi connectivity index (χ3v) is 1.97. The summed E-state index contributed by atoms with van der Waals surface area (Å²) in [5.74, 6) is -0.576. The molecule has 4 nitrogen and oxygen atoms in total. The van der Waals surface area contributed by atoms with Crippen LogP contribution in [0.4, 0.5) is 5.69 Å². The summed E-state index contributed by atoms with van der Waals surface area (Å²) in [7, 11) is 0. The number of carbonyl (C=O) groups is 1. The standard InChI is InChI=1S/C11H15NO3/c1-7(2)10(11(13)14)15-9-5-3-4-8(12)6-9/h3-7,10H,12H2,1-2H3,(H,13,14). The summed E-state index contributed by atoms with van der Waals surface area (Å²) >= 11 is 0. The van der Waals surface area contributed by atoms with Crippen molar-refractivity contribution in [1.29, 1.82) is 0 Å². The predicted octanol–water partition coefficient (Wildman–Crippen LogP) is 1.76. The molecule has 0 aliphatic heterocycles. The number of ether oxygens (including phenoxy) is 1. The van der Waals surface area contributed by atoms with Gasteiger partial charge in [0.25, 0.3) is 0 Å². The summed E-state index contributed by atoms with van der Waals surface area (Å²) < 4.78 is 5.34. The molecule has 0 aliphatic carbocycles. The first kappa shape index (κ1) is 11.4. The molecule has 0 fully saturated rings. The smallest absolute Gasteiger partial charge is 0.345 e. The zero-order valence-corrected chi connectivity index (χ0v) is 8.81. The van der Waals surface area contributed by atoms with E-state index in [9.17, 15) is 4.79 Å². The zero-order chi connectivity index (χ0) is 11.4. The SMILES string of the molecule is CC(C)C(Oc1cccc(N)c1)C(=O)O. The molecule has 0 saturated carbocycles. The molecule has 1 unspecified atom stereocenters. The Kier molecular flexibility index (Phi) is 3.55. The maximum absolute atomic E-state index is 10.9. The highest BCUT2D eigenvalue weighted by molar-refractivity contribution is 5.73. The fourth-order valence-electron chi connectivity index (χ4n) is 1.21. The van der Waals surface area contributed by atoms with E-state index >= 15 is 0 Å². The van der Waals surface area contributed by atoms with Gasteiger partial charge >= 0.3 is 5.97 Å². The van der Waals surface area contributed by atoms with Crippen molar-refractivity contribution >= 4 is 11.7 Å². The van der Waals surface area contributed by atoms with Gasteiger partial charge in [0.05, 0.1) is 0 Å². The van der Waals surface area contributed by atoms with E-state index < -0.39 is 12.1 Å². The van der Waals surface area contributed by atoms with Crippen LogP contribution in [0.15, 0.2) is 24.3 Å². The average Bonchev–Trinajstić information content (AvgIpc) is 2.13. The van der Waals surface area contributed by atoms with Gasteiger partial charge < -0.3 is 15.6 Å². The van der Waals surface area contributed by atoms with Crippen LogP contribution < -0.4 is 10.5 Å². The van der Waals surface area contributed by atoms with Crippen LogP contribution >= 0.6 is 0 Å². The molecule has 0 spiro atoms. The first-order valence-corrected chi connectivity index (χ1v) is 4.75. The van der Waals surface area contributed by atoms with Gasteiger partial charge in [-0.2, -0.15) is 0 Å². The third kappa shape index (κ3) is 3.16. The molecule has 4 heteroatoms. The van der Waals surface area contributed by atoms with Gasteiger partial charge in [-0.3, -0.25) is 0 Å². The molecule has 0 saturated heterocycles. The molecule has 0 heterocycles. The highest BCUT2D eigenvalue weighted by Crippen LogP contribution is 2.18. The lowest BCUT2D eigenvalue weighted by atomic mass is 10.1. The lowest BCUT2D eigenvalue weighted by molar-refractivity contribution is -0.147.